The van der Waals surface area contributed by atoms with Crippen LogP contribution in [-0.4, -0.2) is 43.6 Å². The van der Waals surface area contributed by atoms with Crippen molar-refractivity contribution >= 4 is 21.7 Å². The quantitative estimate of drug-likeness (QED) is 0.220. The Bertz CT molecular complexity index is 1060. The number of aromatic nitrogens is 1. The Morgan fingerprint density at radius 2 is 0.905 bits per heavy atom. The number of nitrogens with zero attached hydrogens (tertiary/aromatic N) is 1. The molecule has 5 rings (SSSR count). The first-order chi connectivity index (χ1) is 20.6. The highest BCUT2D eigenvalue weighted by molar-refractivity contribution is 5.82. The monoisotopic (exact) mass is 571 g/mol. The largest absolute Gasteiger partial charge is 0.388 e. The van der Waals surface area contributed by atoms with Gasteiger partial charge in [0.25, 0.3) is 0 Å². The van der Waals surface area contributed by atoms with E-state index in [1.54, 1.807) is 14.2 Å². The van der Waals surface area contributed by atoms with E-state index in [1.807, 2.05) is 58.2 Å². The highest BCUT2D eigenvalue weighted by atomic mass is 16.5. The number of aliphatic hydroxyl groups excluding tert-OH is 1. The molecule has 0 fully saturated rings. The van der Waals surface area contributed by atoms with Crippen molar-refractivity contribution in [1.29, 1.82) is 0 Å². The molecule has 0 atom stereocenters. The third-order valence-corrected chi connectivity index (χ3v) is 5.73. The van der Waals surface area contributed by atoms with E-state index in [-0.39, 0.29) is 0 Å². The number of pyridine rings is 1. The number of rotatable bonds is 6. The second kappa shape index (κ2) is 26.3. The van der Waals surface area contributed by atoms with Gasteiger partial charge >= 0.3 is 0 Å². The van der Waals surface area contributed by atoms with Gasteiger partial charge in [-0.2, -0.15) is 0 Å². The summed E-state index contributed by atoms with van der Waals surface area (Å²) in [5.41, 5.74) is 3.92. The Labute approximate surface area is 255 Å². The molecule has 0 bridgehead atoms. The second-order valence-corrected chi connectivity index (χ2v) is 8.63. The van der Waals surface area contributed by atoms with Crippen molar-refractivity contribution < 1.29 is 14.6 Å². The minimum Gasteiger partial charge on any atom is -0.388 e. The maximum absolute atomic E-state index is 8.80. The molecule has 228 valence electrons. The molecule has 5 aromatic rings. The Hall–Kier alpha value is -3.57. The predicted molar refractivity (Wildman–Crippen MR) is 183 cm³/mol. The summed E-state index contributed by atoms with van der Waals surface area (Å²) < 4.78 is 9.25. The molecule has 0 amide bonds. The number of methoxy groups -OCH3 is 2. The van der Waals surface area contributed by atoms with Gasteiger partial charge in [0, 0.05) is 25.8 Å². The van der Waals surface area contributed by atoms with Crippen molar-refractivity contribution in [2.75, 3.05) is 27.4 Å². The molecule has 1 N–H and O–H groups in total. The number of hydrogen-bond donors (Lipinski definition) is 1. The summed E-state index contributed by atoms with van der Waals surface area (Å²) in [6, 6.07) is 37.6. The molecule has 1 aromatic heterocycles. The first kappa shape index (κ1) is 38.4. The van der Waals surface area contributed by atoms with Crippen molar-refractivity contribution in [1.82, 2.24) is 4.98 Å². The number of hydrogen-bond acceptors (Lipinski definition) is 4. The third-order valence-electron chi connectivity index (χ3n) is 5.73. The van der Waals surface area contributed by atoms with Gasteiger partial charge in [-0.1, -0.05) is 139 Å². The van der Waals surface area contributed by atoms with E-state index in [0.29, 0.717) is 13.2 Å². The van der Waals surface area contributed by atoms with E-state index in [4.69, 9.17) is 5.11 Å². The number of aryl methyl sites for hydroxylation is 2. The van der Waals surface area contributed by atoms with E-state index in [2.05, 4.69) is 113 Å². The molecule has 0 saturated heterocycles. The highest BCUT2D eigenvalue weighted by Crippen LogP contribution is 2.11. The van der Waals surface area contributed by atoms with Crippen LogP contribution in [0.25, 0.3) is 21.7 Å². The topological polar surface area (TPSA) is 51.6 Å². The molecule has 0 radical (unpaired) electrons. The van der Waals surface area contributed by atoms with Crippen LogP contribution in [0, 0.1) is 0 Å². The molecule has 0 aliphatic heterocycles. The average molecular weight is 572 g/mol. The van der Waals surface area contributed by atoms with E-state index >= 15 is 0 Å². The van der Waals surface area contributed by atoms with E-state index in [9.17, 15) is 0 Å². The molecule has 1 heterocycles. The summed E-state index contributed by atoms with van der Waals surface area (Å²) >= 11 is 0. The third kappa shape index (κ3) is 16.6. The van der Waals surface area contributed by atoms with E-state index < -0.39 is 6.10 Å². The lowest BCUT2D eigenvalue weighted by molar-refractivity contribution is 0.00980. The van der Waals surface area contributed by atoms with Gasteiger partial charge in [0.2, 0.25) is 0 Å². The number of aliphatic hydroxyl groups is 1. The van der Waals surface area contributed by atoms with Crippen LogP contribution in [0.5, 0.6) is 0 Å². The van der Waals surface area contributed by atoms with E-state index in [0.717, 1.165) is 18.4 Å². The Kier molecular flexibility index (Phi) is 24.1. The van der Waals surface area contributed by atoms with Gasteiger partial charge in [-0.3, -0.25) is 4.98 Å². The Morgan fingerprint density at radius 1 is 0.548 bits per heavy atom. The van der Waals surface area contributed by atoms with Crippen LogP contribution >= 0.6 is 0 Å². The molecule has 0 aliphatic carbocycles. The second-order valence-electron chi connectivity index (χ2n) is 8.63. The maximum atomic E-state index is 8.80. The van der Waals surface area contributed by atoms with Crippen LogP contribution in [-0.2, 0) is 22.3 Å². The molecular weight excluding hydrogens is 518 g/mol. The predicted octanol–water partition coefficient (Wildman–Crippen LogP) is 9.58. The van der Waals surface area contributed by atoms with Gasteiger partial charge in [0.1, 0.15) is 6.10 Å². The summed E-state index contributed by atoms with van der Waals surface area (Å²) in [5, 5.41) is 12.6. The van der Waals surface area contributed by atoms with Crippen LogP contribution in [0.2, 0.25) is 0 Å². The van der Waals surface area contributed by atoms with Gasteiger partial charge in [-0.15, -0.1) is 0 Å². The summed E-state index contributed by atoms with van der Waals surface area (Å²) in [7, 11) is 3.08. The molecule has 0 saturated carbocycles. The van der Waals surface area contributed by atoms with Gasteiger partial charge in [-0.05, 0) is 46.9 Å². The number of para-hydroxylation sites is 1. The van der Waals surface area contributed by atoms with Crippen LogP contribution in [0.3, 0.4) is 0 Å². The van der Waals surface area contributed by atoms with Crippen molar-refractivity contribution in [3.63, 3.8) is 0 Å². The number of ether oxygens (including phenoxy) is 2. The van der Waals surface area contributed by atoms with Crippen LogP contribution < -0.4 is 0 Å². The molecule has 0 aliphatic rings. The van der Waals surface area contributed by atoms with Crippen molar-refractivity contribution in [2.24, 2.45) is 0 Å². The smallest absolute Gasteiger partial charge is 0.101 e. The fourth-order valence-corrected chi connectivity index (χ4v) is 3.59. The van der Waals surface area contributed by atoms with E-state index in [1.165, 1.54) is 27.3 Å². The lowest BCUT2D eigenvalue weighted by Gasteiger charge is -2.05. The molecule has 4 aromatic carbocycles. The lowest BCUT2D eigenvalue weighted by Crippen LogP contribution is -2.19. The Balaban J connectivity index is 0.000000515. The number of benzene rings is 4. The standard InChI is InChI=1S/C10H8.C10H14.C9H7N.C5H12O3.2C2H6/c1-2-6-10-8-4-3-7-9(10)5-1;1-3-9-5-7-10(4-2)8-6-9;1-2-6-9-8(4-1)5-3-7-10-9;1-7-3-5(6)4-8-2;2*1-2/h1-8H;5-8H,3-4H2,1-2H3;1-7H;5-6H,3-4H2,1-2H3;2*1-2H3. The molecular formula is C38H53NO3. The zero-order valence-corrected chi connectivity index (χ0v) is 27.1. The first-order valence-electron chi connectivity index (χ1n) is 15.1. The van der Waals surface area contributed by atoms with Crippen LogP contribution in [0.4, 0.5) is 0 Å². The van der Waals surface area contributed by atoms with Gasteiger partial charge in [0.05, 0.1) is 18.7 Å². The Morgan fingerprint density at radius 3 is 1.26 bits per heavy atom. The maximum Gasteiger partial charge on any atom is 0.101 e. The summed E-state index contributed by atoms with van der Waals surface area (Å²) in [6.07, 6.45) is 3.61. The van der Waals surface area contributed by atoms with Crippen molar-refractivity contribution in [2.45, 2.75) is 60.5 Å². The zero-order chi connectivity index (χ0) is 31.4. The fourth-order valence-electron chi connectivity index (χ4n) is 3.59. The van der Waals surface area contributed by atoms with Gasteiger partial charge in [0.15, 0.2) is 0 Å². The van der Waals surface area contributed by atoms with Gasteiger partial charge < -0.3 is 14.6 Å². The first-order valence-corrected chi connectivity index (χ1v) is 15.1. The van der Waals surface area contributed by atoms with Crippen LogP contribution in [0.15, 0.2) is 115 Å². The minimum absolute atomic E-state index is 0.341. The normalized spacial score (nSPS) is 9.38. The minimum atomic E-state index is -0.481. The van der Waals surface area contributed by atoms with Crippen molar-refractivity contribution in [3.05, 3.63) is 127 Å². The highest BCUT2D eigenvalue weighted by Gasteiger charge is 1.99. The fraction of sp³-hybridized carbons (Fsp3) is 0.342. The molecule has 4 nitrogen and oxygen atoms in total. The molecule has 0 spiro atoms. The van der Waals surface area contributed by atoms with Gasteiger partial charge in [-0.25, -0.2) is 0 Å². The SMILES string of the molecule is CC.CC.CCc1ccc(CC)cc1.COCC(O)COC.c1ccc2ccccc2c1.c1ccc2ncccc2c1. The lowest BCUT2D eigenvalue weighted by atomic mass is 10.1. The molecule has 4 heteroatoms. The molecule has 0 unspecified atom stereocenters. The summed E-state index contributed by atoms with van der Waals surface area (Å²) in [6.45, 7) is 13.0. The average Bonchev–Trinajstić information content (AvgIpc) is 3.08. The zero-order valence-electron chi connectivity index (χ0n) is 27.1. The molecule has 42 heavy (non-hydrogen) atoms. The number of fused-ring (bicyclic) bond motifs is 2. The van der Waals surface area contributed by atoms with Crippen molar-refractivity contribution in [3.8, 4) is 0 Å². The van der Waals surface area contributed by atoms with Crippen LogP contribution in [0.1, 0.15) is 52.7 Å². The summed E-state index contributed by atoms with van der Waals surface area (Å²) in [4.78, 5) is 4.18. The summed E-state index contributed by atoms with van der Waals surface area (Å²) in [5.74, 6) is 0.